The zero-order valence-corrected chi connectivity index (χ0v) is 40.4. The summed E-state index contributed by atoms with van der Waals surface area (Å²) in [6.07, 6.45) is -1.98. The Labute approximate surface area is 406 Å². The Morgan fingerprint density at radius 1 is 0.681 bits per heavy atom. The molecule has 4 aromatic rings. The number of anilines is 2. The molecule has 3 heterocycles. The second kappa shape index (κ2) is 19.7. The van der Waals surface area contributed by atoms with Gasteiger partial charge >= 0.3 is 30.3 Å². The number of aliphatic carboxylic acids is 1. The highest BCUT2D eigenvalue weighted by atomic mass is 16.6. The number of ether oxygens (including phenoxy) is 5. The summed E-state index contributed by atoms with van der Waals surface area (Å²) in [5, 5.41) is 12.7. The van der Waals surface area contributed by atoms with E-state index in [-0.39, 0.29) is 39.6 Å². The Morgan fingerprint density at radius 2 is 1.14 bits per heavy atom. The van der Waals surface area contributed by atoms with Crippen molar-refractivity contribution in [2.45, 2.75) is 95.4 Å². The molecule has 0 bridgehead atoms. The number of carboxylic acids is 1. The number of alkyl carbamates (subject to hydrolysis) is 1. The van der Waals surface area contributed by atoms with E-state index in [1.54, 1.807) is 55.8 Å². The van der Waals surface area contributed by atoms with Gasteiger partial charge in [0.2, 0.25) is 0 Å². The van der Waals surface area contributed by atoms with E-state index in [1.807, 2.05) is 89.8 Å². The van der Waals surface area contributed by atoms with Crippen molar-refractivity contribution in [2.75, 3.05) is 56.8 Å². The number of rotatable bonds is 8. The van der Waals surface area contributed by atoms with Crippen LogP contribution in [-0.4, -0.2) is 120 Å². The van der Waals surface area contributed by atoms with Gasteiger partial charge in [0.05, 0.1) is 14.2 Å². The van der Waals surface area contributed by atoms with E-state index in [1.165, 1.54) is 0 Å². The van der Waals surface area contributed by atoms with Gasteiger partial charge in [0, 0.05) is 60.0 Å². The van der Waals surface area contributed by atoms with E-state index < -0.39 is 58.5 Å². The van der Waals surface area contributed by atoms with Gasteiger partial charge in [-0.15, -0.1) is 0 Å². The first kappa shape index (κ1) is 48.2. The van der Waals surface area contributed by atoms with Gasteiger partial charge in [-0.2, -0.15) is 4.90 Å². The molecule has 3 aliphatic heterocycles. The number of piperidine rings is 2. The van der Waals surface area contributed by atoms with Gasteiger partial charge in [0.15, 0.2) is 0 Å². The molecule has 4 aromatic carbocycles. The maximum absolute atomic E-state index is 13.6. The van der Waals surface area contributed by atoms with Crippen LogP contribution in [0.3, 0.4) is 0 Å². The van der Waals surface area contributed by atoms with Crippen LogP contribution in [0.25, 0.3) is 11.1 Å². The van der Waals surface area contributed by atoms with Crippen LogP contribution in [0.15, 0.2) is 97.1 Å². The Morgan fingerprint density at radius 3 is 1.61 bits per heavy atom. The number of nitrogens with one attached hydrogen (secondary N) is 1. The van der Waals surface area contributed by atoms with Crippen molar-refractivity contribution in [3.63, 3.8) is 0 Å². The molecule has 0 radical (unpaired) electrons. The van der Waals surface area contributed by atoms with E-state index in [0.29, 0.717) is 36.8 Å². The van der Waals surface area contributed by atoms with E-state index >= 15 is 0 Å². The number of amides is 6. The maximum atomic E-state index is 13.6. The molecule has 1 aliphatic carbocycles. The molecule has 1 spiro atoms. The van der Waals surface area contributed by atoms with Crippen LogP contribution < -0.4 is 24.6 Å². The second-order valence-electron chi connectivity index (χ2n) is 19.5. The largest absolute Gasteiger partial charge is 0.497 e. The molecule has 8 rings (SSSR count). The first-order chi connectivity index (χ1) is 33.7. The highest BCUT2D eigenvalue weighted by molar-refractivity contribution is 6.21. The van der Waals surface area contributed by atoms with Crippen LogP contribution in [0, 0.1) is 0 Å². The molecular formula is C52H65N5O12. The van der Waals surface area contributed by atoms with Crippen LogP contribution in [0.2, 0.25) is 0 Å². The normalized spacial score (nSPS) is 17.4. The monoisotopic (exact) mass is 954 g/mol. The molecule has 370 valence electrons. The minimum atomic E-state index is -1.54. The Balaban J connectivity index is 0.000000255. The number of carbonyl (C=O) groups is 6. The fourth-order valence-electron chi connectivity index (χ4n) is 9.26. The number of urea groups is 1. The SMILES string of the molecule is COc1cccc(N2CCC(NC(=O)OCC3c4ccccc4-c4ccccc43)(C(=O)O)CC2)c1.COc1cccc(N2CCC3(CC2)C(=O)N(C(=O)OC(C)(C)C)C(=O)N3C(=O)OC(C)(C)C)c1.[2HH].[2H][2H]. The zero-order chi connectivity index (χ0) is 51.9. The highest BCUT2D eigenvalue weighted by Gasteiger charge is 2.64. The number of benzene rings is 4. The lowest BCUT2D eigenvalue weighted by atomic mass is 9.86. The van der Waals surface area contributed by atoms with Crippen molar-refractivity contribution >= 4 is 47.6 Å². The molecular weight excluding hydrogens is 887 g/mol. The van der Waals surface area contributed by atoms with E-state index in [4.69, 9.17) is 26.7 Å². The summed E-state index contributed by atoms with van der Waals surface area (Å²) in [4.78, 5) is 83.1. The highest BCUT2D eigenvalue weighted by Crippen LogP contribution is 2.45. The number of hydrogen-bond acceptors (Lipinski definition) is 13. The van der Waals surface area contributed by atoms with Gasteiger partial charge < -0.3 is 43.9 Å². The first-order valence-corrected chi connectivity index (χ1v) is 23.0. The molecule has 69 heavy (non-hydrogen) atoms. The summed E-state index contributed by atoms with van der Waals surface area (Å²) in [6.45, 7) is 11.7. The van der Waals surface area contributed by atoms with Crippen LogP contribution in [0.4, 0.5) is 30.6 Å². The van der Waals surface area contributed by atoms with Crippen LogP contribution in [0.1, 0.15) is 88.7 Å². The fraction of sp³-hybridized carbons (Fsp3) is 0.423. The summed E-state index contributed by atoms with van der Waals surface area (Å²) < 4.78 is 36.9. The van der Waals surface area contributed by atoms with Crippen molar-refractivity contribution < 1.29 is 62.0 Å². The molecule has 17 nitrogen and oxygen atoms in total. The number of hydrogen-bond donors (Lipinski definition) is 2. The molecule has 0 saturated carbocycles. The van der Waals surface area contributed by atoms with Gasteiger partial charge in [-0.05, 0) is 114 Å². The number of fused-ring (bicyclic) bond motifs is 3. The quantitative estimate of drug-likeness (QED) is 0.125. The number of carboxylic acid groups (broad SMARTS) is 1. The molecule has 0 atom stereocenters. The predicted molar refractivity (Wildman–Crippen MR) is 261 cm³/mol. The lowest BCUT2D eigenvalue weighted by Crippen LogP contribution is -2.60. The summed E-state index contributed by atoms with van der Waals surface area (Å²) >= 11 is 0. The standard InChI is InChI=1S/C28H28N2O5.C24H33N3O7.2H2/c1-34-20-8-6-7-19(17-20)30-15-13-28(14-16-30,26(31)32)29-27(33)35-18-25-23-11-4-2-9-21(23)22-10-3-5-12-24(22)25;1-22(2,3)33-20(30)26-18(28)24(27(19(26)29)21(31)34-23(4,5)6)11-13-25(14-12-24)16-9-8-10-17(15-16)32-7;;/h2-12,17,25H,13-16,18H2,1H3,(H,29,33)(H,31,32);8-10,15H,11-14H2,1-7H3;2*1H/i;;1+1D;1+1. The molecule has 4 aliphatic rings. The molecule has 2 N–H and O–H groups in total. The van der Waals surface area contributed by atoms with Crippen molar-refractivity contribution in [2.24, 2.45) is 0 Å². The van der Waals surface area contributed by atoms with Crippen molar-refractivity contribution in [3.8, 4) is 22.6 Å². The molecule has 6 amide bonds. The van der Waals surface area contributed by atoms with Crippen molar-refractivity contribution in [1.82, 2.24) is 15.1 Å². The first-order valence-electron chi connectivity index (χ1n) is 24.0. The van der Waals surface area contributed by atoms with Gasteiger partial charge in [-0.1, -0.05) is 60.7 Å². The third kappa shape index (κ3) is 10.6. The predicted octanol–water partition coefficient (Wildman–Crippen LogP) is 9.32. The molecule has 0 aromatic heterocycles. The van der Waals surface area contributed by atoms with E-state index in [9.17, 15) is 33.9 Å². The van der Waals surface area contributed by atoms with Crippen molar-refractivity contribution in [3.05, 3.63) is 108 Å². The van der Waals surface area contributed by atoms with Gasteiger partial charge in [-0.25, -0.2) is 28.9 Å². The average Bonchev–Trinajstić information content (AvgIpc) is 3.77. The topological polar surface area (TPSA) is 194 Å². The fourth-order valence-corrected chi connectivity index (χ4v) is 9.26. The average molecular weight is 955 g/mol. The maximum Gasteiger partial charge on any atom is 0.425 e. The zero-order valence-electron chi connectivity index (χ0n) is 42.4. The minimum Gasteiger partial charge on any atom is -0.497 e. The number of methoxy groups -OCH3 is 2. The lowest BCUT2D eigenvalue weighted by Gasteiger charge is -2.42. The third-order valence-corrected chi connectivity index (χ3v) is 12.7. The molecule has 0 unspecified atom stereocenters. The van der Waals surface area contributed by atoms with Crippen LogP contribution in [-0.2, 0) is 23.8 Å². The van der Waals surface area contributed by atoms with E-state index in [0.717, 1.165) is 44.3 Å². The minimum absolute atomic E-state index is 0. The summed E-state index contributed by atoms with van der Waals surface area (Å²) in [5.41, 5.74) is 1.63. The smallest absolute Gasteiger partial charge is 0.425 e. The van der Waals surface area contributed by atoms with E-state index in [2.05, 4.69) is 22.3 Å². The Bertz CT molecular complexity index is 2560. The van der Waals surface area contributed by atoms with Crippen LogP contribution >= 0.6 is 0 Å². The Hall–Kier alpha value is -7.30. The summed E-state index contributed by atoms with van der Waals surface area (Å²) in [5.74, 6) is -0.464. The Kier molecular flexibility index (Phi) is 13.8. The number of imide groups is 4. The number of carbonyl (C=O) groups excluding carboxylic acids is 5. The summed E-state index contributed by atoms with van der Waals surface area (Å²) in [7, 11) is 3.19. The third-order valence-electron chi connectivity index (χ3n) is 12.7. The molecule has 17 heteroatoms. The van der Waals surface area contributed by atoms with Gasteiger partial charge in [0.1, 0.15) is 40.4 Å². The van der Waals surface area contributed by atoms with Crippen molar-refractivity contribution in [1.29, 1.82) is 0 Å². The number of nitrogens with zero attached hydrogens (tertiary/aromatic N) is 4. The summed E-state index contributed by atoms with van der Waals surface area (Å²) in [6, 6.07) is 30.3. The van der Waals surface area contributed by atoms with Gasteiger partial charge in [-0.3, -0.25) is 4.79 Å². The molecule has 3 fully saturated rings. The van der Waals surface area contributed by atoms with Crippen LogP contribution in [0.5, 0.6) is 11.5 Å². The molecule has 3 saturated heterocycles. The van der Waals surface area contributed by atoms with Gasteiger partial charge in [0.25, 0.3) is 5.91 Å². The second-order valence-corrected chi connectivity index (χ2v) is 19.5. The lowest BCUT2D eigenvalue weighted by molar-refractivity contribution is -0.145.